The highest BCUT2D eigenvalue weighted by atomic mass is 16.6. The summed E-state index contributed by atoms with van der Waals surface area (Å²) in [5, 5.41) is 19.6. The number of rotatable bonds is 3. The molecule has 0 aliphatic carbocycles. The van der Waals surface area contributed by atoms with Crippen molar-refractivity contribution in [3.8, 4) is 0 Å². The number of para-hydroxylation sites is 2. The van der Waals surface area contributed by atoms with Gasteiger partial charge in [0.1, 0.15) is 6.04 Å². The lowest BCUT2D eigenvalue weighted by atomic mass is 10.1. The van der Waals surface area contributed by atoms with Gasteiger partial charge >= 0.3 is 0 Å². The molecule has 3 aromatic rings. The normalized spacial score (nSPS) is 16.6. The lowest BCUT2D eigenvalue weighted by Gasteiger charge is -2.25. The number of benzene rings is 1. The summed E-state index contributed by atoms with van der Waals surface area (Å²) in [7, 11) is 3.92. The van der Waals surface area contributed by atoms with Gasteiger partial charge in [0.2, 0.25) is 0 Å². The Balaban J connectivity index is 1.83. The molecule has 0 amide bonds. The number of hydrogen-bond acceptors (Lipinski definition) is 4. The highest BCUT2D eigenvalue weighted by Crippen LogP contribution is 2.33. The van der Waals surface area contributed by atoms with Crippen LogP contribution in [0.1, 0.15) is 11.9 Å². The van der Waals surface area contributed by atoms with Crippen LogP contribution in [-0.4, -0.2) is 24.3 Å². The fourth-order valence-corrected chi connectivity index (χ4v) is 3.23. The van der Waals surface area contributed by atoms with E-state index in [0.29, 0.717) is 12.4 Å². The zero-order chi connectivity index (χ0) is 16.8. The first-order chi connectivity index (χ1) is 11.6. The number of hydrogen-bond donors (Lipinski definition) is 0. The number of nitro groups is 1. The molecule has 0 bridgehead atoms. The Hall–Kier alpha value is -3.23. The van der Waals surface area contributed by atoms with E-state index in [-0.39, 0.29) is 5.70 Å². The van der Waals surface area contributed by atoms with Gasteiger partial charge in [-0.1, -0.05) is 12.1 Å². The fourth-order valence-electron chi connectivity index (χ4n) is 3.23. The average Bonchev–Trinajstić information content (AvgIpc) is 3.14. The smallest absolute Gasteiger partial charge is 0.260 e. The Bertz CT molecular complexity index is 946. The van der Waals surface area contributed by atoms with Crippen molar-refractivity contribution in [2.24, 2.45) is 14.1 Å². The maximum Gasteiger partial charge on any atom is 0.260 e. The number of fused-ring (bicyclic) bond motifs is 2. The van der Waals surface area contributed by atoms with Gasteiger partial charge in [-0.2, -0.15) is 0 Å². The van der Waals surface area contributed by atoms with E-state index in [1.807, 2.05) is 38.4 Å². The maximum atomic E-state index is 11.4. The van der Waals surface area contributed by atoms with Crippen LogP contribution in [0.25, 0.3) is 16.4 Å². The lowest BCUT2D eigenvalue weighted by Crippen LogP contribution is -2.36. The predicted octanol–water partition coefficient (Wildman–Crippen LogP) is 1.51. The Morgan fingerprint density at radius 2 is 2.21 bits per heavy atom. The summed E-state index contributed by atoms with van der Waals surface area (Å²) < 4.78 is 5.61. The average molecular weight is 325 g/mol. The number of allylic oxidation sites excluding steroid dienone is 1. The van der Waals surface area contributed by atoms with Crippen LogP contribution in [0, 0.1) is 10.1 Å². The van der Waals surface area contributed by atoms with E-state index in [1.54, 1.807) is 0 Å². The number of imidazole rings is 1. The fraction of sp³-hybridized carbons (Fsp3) is 0.267. The van der Waals surface area contributed by atoms with E-state index >= 15 is 0 Å². The summed E-state index contributed by atoms with van der Waals surface area (Å²) >= 11 is 0. The monoisotopic (exact) mass is 325 g/mol. The second-order valence-corrected chi connectivity index (χ2v) is 5.69. The summed E-state index contributed by atoms with van der Waals surface area (Å²) in [5.74, 6) is 1.34. The van der Waals surface area contributed by atoms with Crippen molar-refractivity contribution in [2.75, 3.05) is 0 Å². The van der Waals surface area contributed by atoms with Crippen molar-refractivity contribution >= 4 is 17.0 Å². The Morgan fingerprint density at radius 1 is 1.42 bits per heavy atom. The summed E-state index contributed by atoms with van der Waals surface area (Å²) in [4.78, 5) is 15.1. The van der Waals surface area contributed by atoms with Crippen molar-refractivity contribution in [2.45, 2.75) is 12.5 Å². The van der Waals surface area contributed by atoms with Crippen molar-refractivity contribution in [3.63, 3.8) is 0 Å². The molecule has 122 valence electrons. The van der Waals surface area contributed by atoms with E-state index in [1.165, 1.54) is 17.2 Å². The molecule has 9 heteroatoms. The molecule has 1 atom stereocenters. The molecule has 0 spiro atoms. The molecular weight excluding hydrogens is 310 g/mol. The van der Waals surface area contributed by atoms with Gasteiger partial charge < -0.3 is 15.0 Å². The summed E-state index contributed by atoms with van der Waals surface area (Å²) in [5.41, 5.74) is 2.15. The second-order valence-electron chi connectivity index (χ2n) is 5.69. The summed E-state index contributed by atoms with van der Waals surface area (Å²) in [6.45, 7) is 0. The summed E-state index contributed by atoms with van der Waals surface area (Å²) in [6, 6.07) is 7.46. The maximum absolute atomic E-state index is 11.4. The molecule has 1 aliphatic rings. The van der Waals surface area contributed by atoms with Crippen molar-refractivity contribution in [3.05, 3.63) is 63.7 Å². The largest absolute Gasteiger partial charge is 0.359 e. The van der Waals surface area contributed by atoms with Crippen LogP contribution < -0.4 is 4.57 Å². The highest BCUT2D eigenvalue weighted by molar-refractivity contribution is 5.72. The molecule has 1 aliphatic heterocycles. The van der Waals surface area contributed by atoms with E-state index in [2.05, 4.69) is 24.5 Å². The number of aromatic nitrogens is 5. The Kier molecular flexibility index (Phi) is 3.08. The zero-order valence-corrected chi connectivity index (χ0v) is 13.2. The van der Waals surface area contributed by atoms with Gasteiger partial charge in [0, 0.05) is 12.1 Å². The topological polar surface area (TPSA) is 96.8 Å². The van der Waals surface area contributed by atoms with Gasteiger partial charge in [-0.3, -0.25) is 10.1 Å². The molecule has 2 aromatic heterocycles. The van der Waals surface area contributed by atoms with Crippen LogP contribution in [0.3, 0.4) is 0 Å². The number of nitrogens with zero attached hydrogens (tertiary/aromatic N) is 7. The van der Waals surface area contributed by atoms with Crippen LogP contribution in [0.15, 0.2) is 42.5 Å². The number of aryl methyl sites for hydroxylation is 2. The van der Waals surface area contributed by atoms with Gasteiger partial charge in [0.15, 0.2) is 11.0 Å². The van der Waals surface area contributed by atoms with Crippen LogP contribution >= 0.6 is 0 Å². The van der Waals surface area contributed by atoms with Crippen LogP contribution in [0.2, 0.25) is 0 Å². The van der Waals surface area contributed by atoms with Gasteiger partial charge in [-0.15, -0.1) is 0 Å². The molecule has 9 nitrogen and oxygen atoms in total. The standard InChI is InChI=1S/C15H15N7O2/c1-19-10-5-3-4-6-11(10)20(2)14(19)7-12-13(22(23)24)8-16-15-17-9-18-21(12)15/h3-6,8-9,12H,7H2,1-2H3/t12-/m1/s1. The minimum Gasteiger partial charge on any atom is -0.359 e. The molecule has 4 rings (SSSR count). The van der Waals surface area contributed by atoms with Crippen molar-refractivity contribution in [1.29, 1.82) is 0 Å². The molecule has 0 radical (unpaired) electrons. The Morgan fingerprint density at radius 3 is 2.96 bits per heavy atom. The zero-order valence-electron chi connectivity index (χ0n) is 13.2. The van der Waals surface area contributed by atoms with Crippen LogP contribution in [0.5, 0.6) is 0 Å². The van der Waals surface area contributed by atoms with Crippen LogP contribution in [0.4, 0.5) is 5.95 Å². The molecule has 0 N–H and O–H groups in total. The molecule has 1 aromatic carbocycles. The van der Waals surface area contributed by atoms with E-state index in [9.17, 15) is 10.1 Å². The third-order valence-corrected chi connectivity index (χ3v) is 4.47. The third kappa shape index (κ3) is 1.98. The summed E-state index contributed by atoms with van der Waals surface area (Å²) in [6.07, 6.45) is 3.06. The first kappa shape index (κ1) is 14.4. The quantitative estimate of drug-likeness (QED) is 0.414. The first-order valence-electron chi connectivity index (χ1n) is 7.45. The van der Waals surface area contributed by atoms with E-state index < -0.39 is 11.0 Å². The molecule has 3 heterocycles. The van der Waals surface area contributed by atoms with Crippen molar-refractivity contribution < 1.29 is 9.49 Å². The minimum absolute atomic E-state index is 0.0123. The predicted molar refractivity (Wildman–Crippen MR) is 85.0 cm³/mol. The van der Waals surface area contributed by atoms with Gasteiger partial charge in [-0.25, -0.2) is 14.2 Å². The molecule has 24 heavy (non-hydrogen) atoms. The molecule has 0 saturated carbocycles. The second kappa shape index (κ2) is 5.15. The van der Waals surface area contributed by atoms with Crippen LogP contribution in [-0.2, 0) is 20.5 Å². The highest BCUT2D eigenvalue weighted by Gasteiger charge is 2.33. The van der Waals surface area contributed by atoms with E-state index in [0.717, 1.165) is 16.9 Å². The lowest BCUT2D eigenvalue weighted by molar-refractivity contribution is -0.654. The SMILES string of the molecule is Cn1c(C[C@@H]2C([N+](=O)[O-])=C[N-]c3ncnn32)[n+](C)c2ccccc21. The minimum atomic E-state index is -0.552. The third-order valence-electron chi connectivity index (χ3n) is 4.47. The Labute approximate surface area is 137 Å². The van der Waals surface area contributed by atoms with Gasteiger partial charge in [0.25, 0.3) is 11.5 Å². The van der Waals surface area contributed by atoms with Gasteiger partial charge in [0.05, 0.1) is 31.8 Å². The molecule has 0 unspecified atom stereocenters. The molecule has 0 fully saturated rings. The molecular formula is C15H15N7O2. The van der Waals surface area contributed by atoms with Crippen molar-refractivity contribution in [1.82, 2.24) is 19.3 Å². The molecule has 0 saturated heterocycles. The van der Waals surface area contributed by atoms with Gasteiger partial charge in [-0.05, 0) is 12.1 Å². The van der Waals surface area contributed by atoms with E-state index in [4.69, 9.17) is 0 Å². The first-order valence-corrected chi connectivity index (χ1v) is 7.45.